The van der Waals surface area contributed by atoms with E-state index in [1.807, 2.05) is 6.07 Å². The number of carbonyl (C=O) groups excluding carboxylic acids is 1. The Labute approximate surface area is 182 Å². The summed E-state index contributed by atoms with van der Waals surface area (Å²) in [6.45, 7) is 2.57. The van der Waals surface area contributed by atoms with Gasteiger partial charge in [-0.3, -0.25) is 9.52 Å². The fraction of sp³-hybridized carbons (Fsp3) is 0.174. The molecule has 3 rings (SSSR count). The Morgan fingerprint density at radius 2 is 1.67 bits per heavy atom. The summed E-state index contributed by atoms with van der Waals surface area (Å²) in [6.07, 6.45) is 0. The number of thioether (sulfide) groups is 1. The third kappa shape index (κ3) is 6.37. The molecule has 3 aromatic rings. The van der Waals surface area contributed by atoms with Crippen molar-refractivity contribution in [1.82, 2.24) is 5.32 Å². The van der Waals surface area contributed by atoms with Crippen LogP contribution in [0.25, 0.3) is 0 Å². The molecule has 0 atom stereocenters. The maximum Gasteiger partial charge on any atom is 0.261 e. The zero-order valence-corrected chi connectivity index (χ0v) is 18.3. The fourth-order valence-electron chi connectivity index (χ4n) is 2.74. The first-order chi connectivity index (χ1) is 14.4. The van der Waals surface area contributed by atoms with Gasteiger partial charge >= 0.3 is 0 Å². The first-order valence-electron chi connectivity index (χ1n) is 9.53. The topological polar surface area (TPSA) is 75.3 Å². The lowest BCUT2D eigenvalue weighted by atomic mass is 10.2. The SMILES string of the molecule is Cc1ccc(CSCCNC(=O)c2cccc(S(=O)(=O)Nc3ccccc3)c2)cc1. The third-order valence-corrected chi connectivity index (χ3v) is 6.76. The Morgan fingerprint density at radius 3 is 2.40 bits per heavy atom. The summed E-state index contributed by atoms with van der Waals surface area (Å²) in [4.78, 5) is 12.5. The highest BCUT2D eigenvalue weighted by atomic mass is 32.2. The number of benzene rings is 3. The molecule has 5 nitrogen and oxygen atoms in total. The van der Waals surface area contributed by atoms with Gasteiger partial charge in [0.25, 0.3) is 15.9 Å². The van der Waals surface area contributed by atoms with Crippen LogP contribution >= 0.6 is 11.8 Å². The largest absolute Gasteiger partial charge is 0.351 e. The highest BCUT2D eigenvalue weighted by Gasteiger charge is 2.16. The van der Waals surface area contributed by atoms with Gasteiger partial charge in [-0.2, -0.15) is 11.8 Å². The highest BCUT2D eigenvalue weighted by molar-refractivity contribution is 7.98. The molecule has 0 spiro atoms. The number of rotatable bonds is 9. The maximum absolute atomic E-state index is 12.6. The number of para-hydroxylation sites is 1. The van der Waals surface area contributed by atoms with Gasteiger partial charge in [-0.1, -0.05) is 54.1 Å². The zero-order valence-electron chi connectivity index (χ0n) is 16.7. The molecule has 1 amide bonds. The Balaban J connectivity index is 1.52. The highest BCUT2D eigenvalue weighted by Crippen LogP contribution is 2.17. The van der Waals surface area contributed by atoms with E-state index < -0.39 is 10.0 Å². The molecule has 0 heterocycles. The second kappa shape index (κ2) is 10.3. The van der Waals surface area contributed by atoms with Crippen LogP contribution in [0, 0.1) is 6.92 Å². The molecule has 0 fully saturated rings. The number of nitrogens with one attached hydrogen (secondary N) is 2. The predicted molar refractivity (Wildman–Crippen MR) is 123 cm³/mol. The van der Waals surface area contributed by atoms with Crippen LogP contribution < -0.4 is 10.0 Å². The van der Waals surface area contributed by atoms with E-state index in [9.17, 15) is 13.2 Å². The van der Waals surface area contributed by atoms with E-state index in [0.29, 0.717) is 17.8 Å². The Morgan fingerprint density at radius 1 is 0.933 bits per heavy atom. The quantitative estimate of drug-likeness (QED) is 0.482. The number of hydrogen-bond acceptors (Lipinski definition) is 4. The van der Waals surface area contributed by atoms with Crippen molar-refractivity contribution >= 4 is 33.4 Å². The predicted octanol–water partition coefficient (Wildman–Crippen LogP) is 4.46. The summed E-state index contributed by atoms with van der Waals surface area (Å²) < 4.78 is 27.7. The van der Waals surface area contributed by atoms with Crippen LogP contribution in [0.2, 0.25) is 0 Å². The molecule has 0 saturated heterocycles. The van der Waals surface area contributed by atoms with E-state index >= 15 is 0 Å². The van der Waals surface area contributed by atoms with Crippen molar-refractivity contribution in [3.05, 3.63) is 95.6 Å². The van der Waals surface area contributed by atoms with E-state index in [-0.39, 0.29) is 10.8 Å². The minimum absolute atomic E-state index is 0.0488. The lowest BCUT2D eigenvalue weighted by Crippen LogP contribution is -2.26. The summed E-state index contributed by atoms with van der Waals surface area (Å²) in [7, 11) is -3.77. The van der Waals surface area contributed by atoms with Gasteiger partial charge in [0, 0.05) is 29.3 Å². The molecule has 2 N–H and O–H groups in total. The van der Waals surface area contributed by atoms with Gasteiger partial charge in [0.15, 0.2) is 0 Å². The van der Waals surface area contributed by atoms with Gasteiger partial charge in [0.05, 0.1) is 4.90 Å². The second-order valence-corrected chi connectivity index (χ2v) is 9.58. The van der Waals surface area contributed by atoms with E-state index in [1.165, 1.54) is 23.3 Å². The molecule has 3 aromatic carbocycles. The minimum Gasteiger partial charge on any atom is -0.351 e. The van der Waals surface area contributed by atoms with Gasteiger partial charge in [-0.25, -0.2) is 8.42 Å². The summed E-state index contributed by atoms with van der Waals surface area (Å²) in [6, 6.07) is 23.1. The number of sulfonamides is 1. The number of anilines is 1. The normalized spacial score (nSPS) is 11.1. The Kier molecular flexibility index (Phi) is 7.54. The maximum atomic E-state index is 12.6. The van der Waals surface area contributed by atoms with Crippen molar-refractivity contribution in [1.29, 1.82) is 0 Å². The average molecular weight is 441 g/mol. The van der Waals surface area contributed by atoms with Crippen molar-refractivity contribution < 1.29 is 13.2 Å². The van der Waals surface area contributed by atoms with E-state index in [2.05, 4.69) is 41.2 Å². The van der Waals surface area contributed by atoms with Gasteiger partial charge in [0.1, 0.15) is 0 Å². The molecule has 0 aliphatic rings. The molecule has 0 saturated carbocycles. The summed E-state index contributed by atoms with van der Waals surface area (Å²) >= 11 is 1.74. The first kappa shape index (κ1) is 21.9. The lowest BCUT2D eigenvalue weighted by molar-refractivity contribution is 0.0956. The van der Waals surface area contributed by atoms with Crippen LogP contribution in [0.4, 0.5) is 5.69 Å². The molecule has 0 bridgehead atoms. The van der Waals surface area contributed by atoms with Crippen molar-refractivity contribution in [2.45, 2.75) is 17.6 Å². The van der Waals surface area contributed by atoms with E-state index in [1.54, 1.807) is 48.2 Å². The number of hydrogen-bond donors (Lipinski definition) is 2. The van der Waals surface area contributed by atoms with Crippen molar-refractivity contribution in [3.8, 4) is 0 Å². The first-order valence-corrected chi connectivity index (χ1v) is 12.2. The summed E-state index contributed by atoms with van der Waals surface area (Å²) in [5.74, 6) is 1.37. The Bertz CT molecular complexity index is 1080. The van der Waals surface area contributed by atoms with Crippen LogP contribution in [0.3, 0.4) is 0 Å². The van der Waals surface area contributed by atoms with Crippen molar-refractivity contribution in [2.24, 2.45) is 0 Å². The van der Waals surface area contributed by atoms with E-state index in [0.717, 1.165) is 11.5 Å². The molecule has 0 aromatic heterocycles. The van der Waals surface area contributed by atoms with Crippen molar-refractivity contribution in [3.63, 3.8) is 0 Å². The molecule has 30 heavy (non-hydrogen) atoms. The van der Waals surface area contributed by atoms with Gasteiger partial charge in [-0.15, -0.1) is 0 Å². The average Bonchev–Trinajstić information content (AvgIpc) is 2.75. The van der Waals surface area contributed by atoms with Crippen LogP contribution in [0.15, 0.2) is 83.8 Å². The standard InChI is InChI=1S/C23H24N2O3S2/c1-18-10-12-19(13-11-18)17-29-15-14-24-23(26)20-6-5-9-22(16-20)30(27,28)25-21-7-3-2-4-8-21/h2-13,16,25H,14-15,17H2,1H3,(H,24,26). The smallest absolute Gasteiger partial charge is 0.261 e. The molecule has 0 aliphatic heterocycles. The van der Waals surface area contributed by atoms with Gasteiger partial charge < -0.3 is 5.32 Å². The van der Waals surface area contributed by atoms with Crippen molar-refractivity contribution in [2.75, 3.05) is 17.0 Å². The molecule has 0 radical (unpaired) electrons. The number of carbonyl (C=O) groups is 1. The molecule has 7 heteroatoms. The molecular weight excluding hydrogens is 416 g/mol. The van der Waals surface area contributed by atoms with Crippen LogP contribution in [-0.4, -0.2) is 26.6 Å². The zero-order chi connectivity index (χ0) is 21.4. The summed E-state index contributed by atoms with van der Waals surface area (Å²) in [5, 5.41) is 2.85. The van der Waals surface area contributed by atoms with Crippen LogP contribution in [0.1, 0.15) is 21.5 Å². The number of aryl methyl sites for hydroxylation is 1. The fourth-order valence-corrected chi connectivity index (χ4v) is 4.66. The monoisotopic (exact) mass is 440 g/mol. The third-order valence-electron chi connectivity index (χ3n) is 4.35. The van der Waals surface area contributed by atoms with Crippen LogP contribution in [-0.2, 0) is 15.8 Å². The molecule has 0 aliphatic carbocycles. The number of amides is 1. The van der Waals surface area contributed by atoms with Gasteiger partial charge in [-0.05, 0) is 42.8 Å². The Hall–Kier alpha value is -2.77. The minimum atomic E-state index is -3.77. The second-order valence-electron chi connectivity index (χ2n) is 6.79. The molecule has 0 unspecified atom stereocenters. The lowest BCUT2D eigenvalue weighted by Gasteiger charge is -2.10. The molecule has 156 valence electrons. The van der Waals surface area contributed by atoms with Gasteiger partial charge in [0.2, 0.25) is 0 Å². The summed E-state index contributed by atoms with van der Waals surface area (Å²) in [5.41, 5.74) is 3.27. The van der Waals surface area contributed by atoms with E-state index in [4.69, 9.17) is 0 Å². The van der Waals surface area contributed by atoms with Crippen LogP contribution in [0.5, 0.6) is 0 Å². The molecular formula is C23H24N2O3S2.